The van der Waals surface area contributed by atoms with E-state index in [-0.39, 0.29) is 35.6 Å². The summed E-state index contributed by atoms with van der Waals surface area (Å²) in [7, 11) is -3.08. The highest BCUT2D eigenvalue weighted by atomic mass is 32.2. The first-order chi connectivity index (χ1) is 12.4. The molecule has 2 heterocycles. The first-order valence-electron chi connectivity index (χ1n) is 8.85. The monoisotopic (exact) mass is 377 g/mol. The molecule has 0 N–H and O–H groups in total. The number of unbranched alkanes of at least 4 members (excludes halogenated alkanes) is 1. The van der Waals surface area contributed by atoms with E-state index in [0.717, 1.165) is 12.8 Å². The molecule has 2 aromatic rings. The van der Waals surface area contributed by atoms with Gasteiger partial charge in [-0.2, -0.15) is 0 Å². The molecule has 140 valence electrons. The van der Waals surface area contributed by atoms with Crippen molar-refractivity contribution >= 4 is 26.6 Å². The van der Waals surface area contributed by atoms with Crippen molar-refractivity contribution in [2.24, 2.45) is 0 Å². The predicted molar refractivity (Wildman–Crippen MR) is 99.7 cm³/mol. The molecule has 1 aromatic heterocycles. The Morgan fingerprint density at radius 3 is 2.81 bits per heavy atom. The van der Waals surface area contributed by atoms with Gasteiger partial charge in [-0.05, 0) is 25.0 Å². The second-order valence-electron chi connectivity index (χ2n) is 6.69. The van der Waals surface area contributed by atoms with Gasteiger partial charge in [0.2, 0.25) is 5.91 Å². The fourth-order valence-electron chi connectivity index (χ4n) is 3.32. The number of sulfone groups is 1. The van der Waals surface area contributed by atoms with Gasteiger partial charge in [0.25, 0.3) is 5.56 Å². The standard InChI is InChI=1S/C18H23N3O4S/c1-2-3-9-21(14-8-10-26(24,25)12-14)17(22)11-20-13-19-16-7-5-4-6-15(16)18(20)23/h4-7,13-14H,2-3,8-12H2,1H3/t14-/m0/s1. The van der Waals surface area contributed by atoms with Gasteiger partial charge in [0.1, 0.15) is 6.54 Å². The Morgan fingerprint density at radius 1 is 1.35 bits per heavy atom. The summed E-state index contributed by atoms with van der Waals surface area (Å²) >= 11 is 0. The van der Waals surface area contributed by atoms with Gasteiger partial charge >= 0.3 is 0 Å². The number of carbonyl (C=O) groups is 1. The van der Waals surface area contributed by atoms with Crippen LogP contribution < -0.4 is 5.56 Å². The summed E-state index contributed by atoms with van der Waals surface area (Å²) in [4.78, 5) is 31.3. The van der Waals surface area contributed by atoms with E-state index in [1.165, 1.54) is 10.9 Å². The number of para-hydroxylation sites is 1. The Labute approximate surface area is 152 Å². The van der Waals surface area contributed by atoms with Gasteiger partial charge in [0, 0.05) is 12.6 Å². The zero-order chi connectivity index (χ0) is 18.7. The van der Waals surface area contributed by atoms with Crippen molar-refractivity contribution in [3.05, 3.63) is 40.9 Å². The molecule has 7 nitrogen and oxygen atoms in total. The molecule has 1 atom stereocenters. The molecule has 0 unspecified atom stereocenters. The molecule has 1 amide bonds. The van der Waals surface area contributed by atoms with E-state index < -0.39 is 9.84 Å². The van der Waals surface area contributed by atoms with Gasteiger partial charge in [-0.15, -0.1) is 0 Å². The topological polar surface area (TPSA) is 89.3 Å². The van der Waals surface area contributed by atoms with Crippen LogP contribution in [0.5, 0.6) is 0 Å². The van der Waals surface area contributed by atoms with Crippen LogP contribution in [-0.4, -0.2) is 52.9 Å². The Kier molecular flexibility index (Phi) is 5.41. The normalized spacial score (nSPS) is 18.9. The van der Waals surface area contributed by atoms with Crippen molar-refractivity contribution in [1.29, 1.82) is 0 Å². The largest absolute Gasteiger partial charge is 0.337 e. The summed E-state index contributed by atoms with van der Waals surface area (Å²) < 4.78 is 24.9. The van der Waals surface area contributed by atoms with Gasteiger partial charge in [-0.25, -0.2) is 13.4 Å². The number of aromatic nitrogens is 2. The number of amides is 1. The molecule has 0 radical (unpaired) electrons. The number of carbonyl (C=O) groups excluding carboxylic acids is 1. The molecule has 1 aliphatic rings. The van der Waals surface area contributed by atoms with E-state index in [1.54, 1.807) is 29.2 Å². The summed E-state index contributed by atoms with van der Waals surface area (Å²) in [5.41, 5.74) is 0.323. The van der Waals surface area contributed by atoms with Crippen LogP contribution in [0.2, 0.25) is 0 Å². The van der Waals surface area contributed by atoms with E-state index in [2.05, 4.69) is 4.98 Å². The number of nitrogens with zero attached hydrogens (tertiary/aromatic N) is 3. The van der Waals surface area contributed by atoms with Gasteiger partial charge in [-0.3, -0.25) is 14.2 Å². The molecule has 0 bridgehead atoms. The zero-order valence-corrected chi connectivity index (χ0v) is 15.6. The number of rotatable bonds is 6. The minimum Gasteiger partial charge on any atom is -0.337 e. The van der Waals surface area contributed by atoms with Crippen LogP contribution in [0.15, 0.2) is 35.4 Å². The van der Waals surface area contributed by atoms with E-state index >= 15 is 0 Å². The van der Waals surface area contributed by atoms with Gasteiger partial charge < -0.3 is 4.90 Å². The third kappa shape index (κ3) is 3.95. The van der Waals surface area contributed by atoms with Crippen molar-refractivity contribution in [3.8, 4) is 0 Å². The van der Waals surface area contributed by atoms with E-state index in [1.807, 2.05) is 6.92 Å². The summed E-state index contributed by atoms with van der Waals surface area (Å²) in [5, 5.41) is 0.464. The highest BCUT2D eigenvalue weighted by Crippen LogP contribution is 2.19. The Bertz CT molecular complexity index is 968. The Balaban J connectivity index is 1.83. The highest BCUT2D eigenvalue weighted by molar-refractivity contribution is 7.91. The summed E-state index contributed by atoms with van der Waals surface area (Å²) in [6, 6.07) is 6.69. The molecule has 1 fully saturated rings. The van der Waals surface area contributed by atoms with Crippen molar-refractivity contribution in [2.75, 3.05) is 18.1 Å². The lowest BCUT2D eigenvalue weighted by atomic mass is 10.2. The molecule has 1 saturated heterocycles. The first kappa shape index (κ1) is 18.6. The maximum absolute atomic E-state index is 12.8. The maximum Gasteiger partial charge on any atom is 0.261 e. The summed E-state index contributed by atoms with van der Waals surface area (Å²) in [6.07, 6.45) is 3.54. The van der Waals surface area contributed by atoms with E-state index in [0.29, 0.717) is 23.9 Å². The fourth-order valence-corrected chi connectivity index (χ4v) is 5.05. The second-order valence-corrected chi connectivity index (χ2v) is 8.92. The molecule has 0 aliphatic carbocycles. The van der Waals surface area contributed by atoms with Crippen LogP contribution in [0.25, 0.3) is 10.9 Å². The molecular weight excluding hydrogens is 354 g/mol. The predicted octanol–water partition coefficient (Wildman–Crippen LogP) is 1.21. The minimum atomic E-state index is -3.08. The van der Waals surface area contributed by atoms with Crippen molar-refractivity contribution in [1.82, 2.24) is 14.5 Å². The van der Waals surface area contributed by atoms with Gasteiger partial charge in [0.15, 0.2) is 9.84 Å². The van der Waals surface area contributed by atoms with Crippen LogP contribution in [0.3, 0.4) is 0 Å². The number of hydrogen-bond donors (Lipinski definition) is 0. The van der Waals surface area contributed by atoms with Crippen LogP contribution >= 0.6 is 0 Å². The lowest BCUT2D eigenvalue weighted by molar-refractivity contribution is -0.133. The number of hydrogen-bond acceptors (Lipinski definition) is 5. The summed E-state index contributed by atoms with van der Waals surface area (Å²) in [5.74, 6) is -0.113. The molecule has 3 rings (SSSR count). The average Bonchev–Trinajstić information content (AvgIpc) is 2.97. The Hall–Kier alpha value is -2.22. The zero-order valence-electron chi connectivity index (χ0n) is 14.8. The molecule has 1 aromatic carbocycles. The molecule has 26 heavy (non-hydrogen) atoms. The van der Waals surface area contributed by atoms with Crippen LogP contribution in [-0.2, 0) is 21.2 Å². The van der Waals surface area contributed by atoms with Gasteiger partial charge in [0.05, 0.1) is 28.7 Å². The molecule has 1 aliphatic heterocycles. The second kappa shape index (κ2) is 7.57. The first-order valence-corrected chi connectivity index (χ1v) is 10.7. The number of benzene rings is 1. The van der Waals surface area contributed by atoms with Crippen molar-refractivity contribution < 1.29 is 13.2 Å². The average molecular weight is 377 g/mol. The quantitative estimate of drug-likeness (QED) is 0.755. The Morgan fingerprint density at radius 2 is 2.12 bits per heavy atom. The molecule has 8 heteroatoms. The smallest absolute Gasteiger partial charge is 0.261 e. The van der Waals surface area contributed by atoms with Crippen LogP contribution in [0.1, 0.15) is 26.2 Å². The van der Waals surface area contributed by atoms with Crippen molar-refractivity contribution in [2.45, 2.75) is 38.8 Å². The van der Waals surface area contributed by atoms with E-state index in [9.17, 15) is 18.0 Å². The van der Waals surface area contributed by atoms with Gasteiger partial charge in [-0.1, -0.05) is 25.5 Å². The lowest BCUT2D eigenvalue weighted by Crippen LogP contribution is -2.44. The minimum absolute atomic E-state index is 0.00727. The maximum atomic E-state index is 12.8. The van der Waals surface area contributed by atoms with Crippen molar-refractivity contribution in [3.63, 3.8) is 0 Å². The van der Waals surface area contributed by atoms with Crippen LogP contribution in [0, 0.1) is 0 Å². The lowest BCUT2D eigenvalue weighted by Gasteiger charge is -2.28. The van der Waals surface area contributed by atoms with Crippen LogP contribution in [0.4, 0.5) is 0 Å². The SMILES string of the molecule is CCCCN(C(=O)Cn1cnc2ccccc2c1=O)[C@H]1CCS(=O)(=O)C1. The third-order valence-electron chi connectivity index (χ3n) is 4.76. The molecule has 0 spiro atoms. The molecule has 0 saturated carbocycles. The van der Waals surface area contributed by atoms with E-state index in [4.69, 9.17) is 0 Å². The number of fused-ring (bicyclic) bond motifs is 1. The highest BCUT2D eigenvalue weighted by Gasteiger charge is 2.34. The fraction of sp³-hybridized carbons (Fsp3) is 0.500. The molecular formula is C18H23N3O4S. The third-order valence-corrected chi connectivity index (χ3v) is 6.51. The summed E-state index contributed by atoms with van der Waals surface area (Å²) in [6.45, 7) is 2.40.